The van der Waals surface area contributed by atoms with Gasteiger partial charge in [0.2, 0.25) is 0 Å². The van der Waals surface area contributed by atoms with Crippen LogP contribution in [-0.4, -0.2) is 23.2 Å². The summed E-state index contributed by atoms with van der Waals surface area (Å²) in [6, 6.07) is 11.4. The van der Waals surface area contributed by atoms with Gasteiger partial charge in [0, 0.05) is 17.8 Å². The van der Waals surface area contributed by atoms with Gasteiger partial charge in [-0.2, -0.15) is 0 Å². The van der Waals surface area contributed by atoms with E-state index in [1.54, 1.807) is 0 Å². The van der Waals surface area contributed by atoms with Crippen LogP contribution in [0, 0.1) is 0 Å². The predicted octanol–water partition coefficient (Wildman–Crippen LogP) is 2.07. The second-order valence-corrected chi connectivity index (χ2v) is 4.35. The number of carbonyl (C=O) groups excluding carboxylic acids is 1. The first-order chi connectivity index (χ1) is 9.61. The lowest BCUT2D eigenvalue weighted by Crippen LogP contribution is -2.15. The minimum absolute atomic E-state index is 0.253. The van der Waals surface area contributed by atoms with Gasteiger partial charge in [-0.25, -0.2) is 0 Å². The molecule has 0 heterocycles. The summed E-state index contributed by atoms with van der Waals surface area (Å²) in [4.78, 5) is 12.1. The van der Waals surface area contributed by atoms with Crippen molar-refractivity contribution in [3.05, 3.63) is 53.6 Å². The number of hydrogen-bond acceptors (Lipinski definition) is 4. The van der Waals surface area contributed by atoms with Crippen molar-refractivity contribution in [1.29, 1.82) is 0 Å². The highest BCUT2D eigenvalue weighted by Crippen LogP contribution is 2.25. The van der Waals surface area contributed by atoms with Crippen molar-refractivity contribution in [3.8, 4) is 11.5 Å². The average Bonchev–Trinajstić information content (AvgIpc) is 2.44. The summed E-state index contributed by atoms with van der Waals surface area (Å²) in [5.41, 5.74) is 1.95. The van der Waals surface area contributed by atoms with Crippen molar-refractivity contribution in [2.24, 2.45) is 0 Å². The lowest BCUT2D eigenvalue weighted by atomic mass is 10.1. The van der Waals surface area contributed by atoms with Crippen molar-refractivity contribution in [2.75, 3.05) is 12.4 Å². The zero-order valence-corrected chi connectivity index (χ0v) is 11.1. The highest BCUT2D eigenvalue weighted by Gasteiger charge is 2.10. The Labute approximate surface area is 116 Å². The summed E-state index contributed by atoms with van der Waals surface area (Å²) in [5.74, 6) is -0.915. The number of benzene rings is 2. The number of rotatable bonds is 4. The van der Waals surface area contributed by atoms with Crippen molar-refractivity contribution in [1.82, 2.24) is 5.32 Å². The van der Waals surface area contributed by atoms with Crippen LogP contribution in [0.15, 0.2) is 42.5 Å². The number of hydrogen-bond donors (Lipinski definition) is 4. The van der Waals surface area contributed by atoms with Crippen LogP contribution in [0.5, 0.6) is 11.5 Å². The normalized spacial score (nSPS) is 10.2. The fraction of sp³-hybridized carbons (Fsp3) is 0.133. The highest BCUT2D eigenvalue weighted by atomic mass is 16.3. The second kappa shape index (κ2) is 6.08. The molecule has 2 aromatic carbocycles. The molecule has 0 aliphatic heterocycles. The molecule has 0 aromatic heterocycles. The first-order valence-corrected chi connectivity index (χ1v) is 6.17. The van der Waals surface area contributed by atoms with Crippen LogP contribution in [0.25, 0.3) is 0 Å². The molecule has 5 heteroatoms. The van der Waals surface area contributed by atoms with Crippen molar-refractivity contribution in [2.45, 2.75) is 6.54 Å². The van der Waals surface area contributed by atoms with Crippen LogP contribution < -0.4 is 10.6 Å². The molecule has 5 nitrogen and oxygen atoms in total. The monoisotopic (exact) mass is 272 g/mol. The molecule has 1 amide bonds. The van der Waals surface area contributed by atoms with Gasteiger partial charge >= 0.3 is 0 Å². The smallest absolute Gasteiger partial charge is 0.255 e. The first kappa shape index (κ1) is 13.9. The highest BCUT2D eigenvalue weighted by molar-refractivity contribution is 6.05. The van der Waals surface area contributed by atoms with E-state index in [0.717, 1.165) is 5.56 Å². The Balaban J connectivity index is 2.21. The Morgan fingerprint density at radius 2 is 1.85 bits per heavy atom. The maximum Gasteiger partial charge on any atom is 0.255 e. The Kier molecular flexibility index (Phi) is 4.22. The summed E-state index contributed by atoms with van der Waals surface area (Å²) in [6.45, 7) is 0.636. The van der Waals surface area contributed by atoms with Crippen LogP contribution in [0.4, 0.5) is 5.69 Å². The number of phenolic OH excluding ortho intramolecular Hbond substituents is 2. The molecular formula is C15H16N2O3. The summed E-state index contributed by atoms with van der Waals surface area (Å²) < 4.78 is 0. The SMILES string of the molecule is CNCc1ccccc1NC(=O)c1ccc(O)c(O)c1. The Bertz CT molecular complexity index is 626. The minimum atomic E-state index is -0.344. The largest absolute Gasteiger partial charge is 0.504 e. The van der Waals surface area contributed by atoms with Gasteiger partial charge < -0.3 is 20.8 Å². The van der Waals surface area contributed by atoms with E-state index in [9.17, 15) is 15.0 Å². The van der Waals surface area contributed by atoms with E-state index < -0.39 is 0 Å². The van der Waals surface area contributed by atoms with Gasteiger partial charge in [-0.05, 0) is 36.9 Å². The molecule has 0 spiro atoms. The maximum absolute atomic E-state index is 12.1. The molecule has 0 saturated carbocycles. The van der Waals surface area contributed by atoms with Crippen molar-refractivity contribution >= 4 is 11.6 Å². The third-order valence-corrected chi connectivity index (χ3v) is 2.87. The Hall–Kier alpha value is -2.53. The van der Waals surface area contributed by atoms with Crippen LogP contribution in [-0.2, 0) is 6.54 Å². The van der Waals surface area contributed by atoms with Gasteiger partial charge in [-0.3, -0.25) is 4.79 Å². The number of nitrogens with one attached hydrogen (secondary N) is 2. The van der Waals surface area contributed by atoms with E-state index in [4.69, 9.17) is 0 Å². The standard InChI is InChI=1S/C15H16N2O3/c1-16-9-11-4-2-3-5-12(11)17-15(20)10-6-7-13(18)14(19)8-10/h2-8,16,18-19H,9H2,1H3,(H,17,20). The lowest BCUT2D eigenvalue weighted by Gasteiger charge is -2.11. The zero-order valence-electron chi connectivity index (χ0n) is 11.1. The summed E-state index contributed by atoms with van der Waals surface area (Å²) in [5, 5.41) is 24.5. The zero-order chi connectivity index (χ0) is 14.5. The molecule has 20 heavy (non-hydrogen) atoms. The predicted molar refractivity (Wildman–Crippen MR) is 76.9 cm³/mol. The molecule has 0 aliphatic rings. The molecule has 0 atom stereocenters. The van der Waals surface area contributed by atoms with Crippen LogP contribution in [0.2, 0.25) is 0 Å². The van der Waals surface area contributed by atoms with Gasteiger partial charge in [0.15, 0.2) is 11.5 Å². The fourth-order valence-corrected chi connectivity index (χ4v) is 1.85. The molecule has 0 radical (unpaired) electrons. The van der Waals surface area contributed by atoms with E-state index >= 15 is 0 Å². The average molecular weight is 272 g/mol. The third kappa shape index (κ3) is 3.07. The molecule has 104 valence electrons. The third-order valence-electron chi connectivity index (χ3n) is 2.87. The van der Waals surface area contributed by atoms with Crippen LogP contribution >= 0.6 is 0 Å². The number of para-hydroxylation sites is 1. The molecule has 0 unspecified atom stereocenters. The fourth-order valence-electron chi connectivity index (χ4n) is 1.85. The first-order valence-electron chi connectivity index (χ1n) is 6.17. The Morgan fingerprint density at radius 1 is 1.10 bits per heavy atom. The molecular weight excluding hydrogens is 256 g/mol. The summed E-state index contributed by atoms with van der Waals surface area (Å²) in [6.07, 6.45) is 0. The van der Waals surface area contributed by atoms with Crippen molar-refractivity contribution in [3.63, 3.8) is 0 Å². The van der Waals surface area contributed by atoms with Gasteiger partial charge in [0.25, 0.3) is 5.91 Å². The molecule has 0 aliphatic carbocycles. The quantitative estimate of drug-likeness (QED) is 0.642. The van der Waals surface area contributed by atoms with Crippen LogP contribution in [0.3, 0.4) is 0 Å². The number of carbonyl (C=O) groups is 1. The molecule has 0 bridgehead atoms. The maximum atomic E-state index is 12.1. The Morgan fingerprint density at radius 3 is 2.55 bits per heavy atom. The van der Waals surface area contributed by atoms with E-state index in [1.165, 1.54) is 18.2 Å². The van der Waals surface area contributed by atoms with E-state index in [-0.39, 0.29) is 23.0 Å². The van der Waals surface area contributed by atoms with Gasteiger partial charge in [0.05, 0.1) is 0 Å². The van der Waals surface area contributed by atoms with E-state index in [1.807, 2.05) is 31.3 Å². The molecule has 0 fully saturated rings. The lowest BCUT2D eigenvalue weighted by molar-refractivity contribution is 0.102. The van der Waals surface area contributed by atoms with Crippen molar-refractivity contribution < 1.29 is 15.0 Å². The number of amides is 1. The second-order valence-electron chi connectivity index (χ2n) is 4.35. The minimum Gasteiger partial charge on any atom is -0.504 e. The van der Waals surface area contributed by atoms with Gasteiger partial charge in [-0.15, -0.1) is 0 Å². The molecule has 4 N–H and O–H groups in total. The molecule has 2 aromatic rings. The van der Waals surface area contributed by atoms with Gasteiger partial charge in [0.1, 0.15) is 0 Å². The molecule has 2 rings (SSSR count). The number of phenols is 2. The topological polar surface area (TPSA) is 81.6 Å². The van der Waals surface area contributed by atoms with Gasteiger partial charge in [-0.1, -0.05) is 18.2 Å². The summed E-state index contributed by atoms with van der Waals surface area (Å²) in [7, 11) is 1.83. The molecule has 0 saturated heterocycles. The number of aromatic hydroxyl groups is 2. The number of anilines is 1. The van der Waals surface area contributed by atoms with Crippen LogP contribution in [0.1, 0.15) is 15.9 Å². The van der Waals surface area contributed by atoms with E-state index in [2.05, 4.69) is 10.6 Å². The summed E-state index contributed by atoms with van der Waals surface area (Å²) >= 11 is 0. The van der Waals surface area contributed by atoms with E-state index in [0.29, 0.717) is 12.2 Å².